The third kappa shape index (κ3) is 14.5. The highest BCUT2D eigenvalue weighted by atomic mass is 15.0. The summed E-state index contributed by atoms with van der Waals surface area (Å²) in [6, 6.07) is 203. The molecule has 0 saturated carbocycles. The van der Waals surface area contributed by atoms with Gasteiger partial charge in [-0.3, -0.25) is 0 Å². The number of hydrogen-bond donors (Lipinski definition) is 0. The lowest BCUT2D eigenvalue weighted by Crippen LogP contribution is -1.95. The second-order valence-electron chi connectivity index (χ2n) is 38.2. The number of nitrogens with zero attached hydrogens (tertiary/aromatic N) is 6. The van der Waals surface area contributed by atoms with E-state index in [9.17, 15) is 0 Å². The molecule has 682 valence electrons. The van der Waals surface area contributed by atoms with Gasteiger partial charge in [-0.2, -0.15) is 0 Å². The highest BCUT2D eigenvalue weighted by Gasteiger charge is 2.24. The lowest BCUT2D eigenvalue weighted by molar-refractivity contribution is 1.18. The van der Waals surface area contributed by atoms with Gasteiger partial charge in [-0.15, -0.1) is 0 Å². The first kappa shape index (κ1) is 84.7. The first-order valence-electron chi connectivity index (χ1n) is 50.2. The van der Waals surface area contributed by atoms with Gasteiger partial charge in [0, 0.05) is 98.2 Å². The fraction of sp³-hybridized carbons (Fsp3) is 0. The molecule has 6 nitrogen and oxygen atoms in total. The van der Waals surface area contributed by atoms with Crippen molar-refractivity contribution in [1.29, 1.82) is 0 Å². The molecule has 30 aromatic rings. The lowest BCUT2D eigenvalue weighted by atomic mass is 10.0. The molecule has 6 heterocycles. The van der Waals surface area contributed by atoms with Crippen LogP contribution in [0, 0.1) is 0 Å². The van der Waals surface area contributed by atoms with Crippen molar-refractivity contribution in [2.45, 2.75) is 0 Å². The molecular weight excluding hydrogens is 1770 g/mol. The van der Waals surface area contributed by atoms with E-state index in [-0.39, 0.29) is 0 Å². The summed E-state index contributed by atoms with van der Waals surface area (Å²) in [6.45, 7) is 0. The second-order valence-corrected chi connectivity index (χ2v) is 38.2. The normalized spacial score (nSPS) is 11.7. The Bertz CT molecular complexity index is 9950. The Morgan fingerprint density at radius 3 is 0.548 bits per heavy atom. The molecule has 6 heteroatoms. The molecule has 0 radical (unpaired) electrons. The van der Waals surface area contributed by atoms with Gasteiger partial charge in [-0.25, -0.2) is 0 Å². The van der Waals surface area contributed by atoms with E-state index in [0.717, 1.165) is 22.7 Å². The molecule has 6 aromatic heterocycles. The van der Waals surface area contributed by atoms with Crippen molar-refractivity contribution in [2.75, 3.05) is 0 Å². The van der Waals surface area contributed by atoms with Crippen LogP contribution in [0.2, 0.25) is 0 Å². The number of benzene rings is 24. The van der Waals surface area contributed by atoms with Gasteiger partial charge in [0.15, 0.2) is 0 Å². The predicted molar refractivity (Wildman–Crippen MR) is 618 cm³/mol. The Kier molecular flexibility index (Phi) is 20.5. The highest BCUT2D eigenvalue weighted by molar-refractivity contribution is 6.18. The van der Waals surface area contributed by atoms with Crippen molar-refractivity contribution < 1.29 is 0 Å². The van der Waals surface area contributed by atoms with Gasteiger partial charge in [0.2, 0.25) is 0 Å². The van der Waals surface area contributed by atoms with Crippen molar-refractivity contribution in [3.05, 3.63) is 558 Å². The molecule has 0 aliphatic heterocycles. The molecule has 0 aliphatic carbocycles. The summed E-state index contributed by atoms with van der Waals surface area (Å²) in [4.78, 5) is 0. The third-order valence-electron chi connectivity index (χ3n) is 30.0. The van der Waals surface area contributed by atoms with E-state index in [4.69, 9.17) is 0 Å². The number of rotatable bonds is 13. The van der Waals surface area contributed by atoms with Crippen molar-refractivity contribution in [3.8, 4) is 112 Å². The number of hydrogen-bond acceptors (Lipinski definition) is 0. The molecule has 0 atom stereocenters. The first-order chi connectivity index (χ1) is 72.4. The molecule has 0 aliphatic rings. The summed E-state index contributed by atoms with van der Waals surface area (Å²) >= 11 is 0. The Hall–Kier alpha value is -19.4. The molecule has 0 spiro atoms. The third-order valence-corrected chi connectivity index (χ3v) is 30.0. The van der Waals surface area contributed by atoms with Gasteiger partial charge in [-0.05, 0) is 259 Å². The summed E-state index contributed by atoms with van der Waals surface area (Å²) < 4.78 is 14.4. The first-order valence-corrected chi connectivity index (χ1v) is 50.2. The van der Waals surface area contributed by atoms with Gasteiger partial charge in [0.25, 0.3) is 0 Å². The Balaban J connectivity index is 0.000000106. The average molecular weight is 1860 g/mol. The predicted octanol–water partition coefficient (Wildman–Crippen LogP) is 37.6. The van der Waals surface area contributed by atoms with Crippen LogP contribution in [-0.2, 0) is 0 Å². The van der Waals surface area contributed by atoms with Crippen molar-refractivity contribution in [1.82, 2.24) is 27.4 Å². The van der Waals surface area contributed by atoms with Gasteiger partial charge in [0.1, 0.15) is 0 Å². The van der Waals surface area contributed by atoms with E-state index in [1.165, 1.54) is 242 Å². The van der Waals surface area contributed by atoms with E-state index < -0.39 is 0 Å². The van der Waals surface area contributed by atoms with Gasteiger partial charge >= 0.3 is 0 Å². The fourth-order valence-corrected chi connectivity index (χ4v) is 23.1. The maximum Gasteiger partial charge on any atom is 0.0541 e. The van der Waals surface area contributed by atoms with Crippen molar-refractivity contribution in [3.63, 3.8) is 0 Å². The molecule has 0 bridgehead atoms. The average Bonchev–Trinajstić information content (AvgIpc) is 1.58. The minimum atomic E-state index is 1.16. The molecule has 0 fully saturated rings. The van der Waals surface area contributed by atoms with Crippen LogP contribution in [0.5, 0.6) is 0 Å². The van der Waals surface area contributed by atoms with Crippen LogP contribution in [0.25, 0.3) is 264 Å². The van der Waals surface area contributed by atoms with E-state index in [2.05, 4.69) is 586 Å². The Labute approximate surface area is 843 Å². The van der Waals surface area contributed by atoms with Crippen molar-refractivity contribution >= 4 is 152 Å². The van der Waals surface area contributed by atoms with Crippen LogP contribution in [0.1, 0.15) is 0 Å². The summed E-state index contributed by atoms with van der Waals surface area (Å²) in [5.74, 6) is 0. The number of aromatic nitrogens is 6. The van der Waals surface area contributed by atoms with Crippen LogP contribution in [0.4, 0.5) is 0 Å². The van der Waals surface area contributed by atoms with E-state index in [1.807, 2.05) is 0 Å². The summed E-state index contributed by atoms with van der Waals surface area (Å²) in [5.41, 5.74) is 38.7. The van der Waals surface area contributed by atoms with Crippen LogP contribution >= 0.6 is 0 Å². The van der Waals surface area contributed by atoms with E-state index >= 15 is 0 Å². The second kappa shape index (κ2) is 35.4. The molecule has 0 amide bonds. The van der Waals surface area contributed by atoms with Crippen LogP contribution < -0.4 is 0 Å². The summed E-state index contributed by atoms with van der Waals surface area (Å²) in [5, 5.41) is 20.1. The zero-order valence-electron chi connectivity index (χ0n) is 79.8. The molecular formula is C140H92N6. The number of para-hydroxylation sites is 6. The topological polar surface area (TPSA) is 29.6 Å². The number of fused-ring (bicyclic) bond motifs is 20. The van der Waals surface area contributed by atoms with Gasteiger partial charge in [0.05, 0.1) is 77.6 Å². The van der Waals surface area contributed by atoms with Gasteiger partial charge < -0.3 is 27.4 Å². The molecule has 30 rings (SSSR count). The molecule has 24 aromatic carbocycles. The highest BCUT2D eigenvalue weighted by Crippen LogP contribution is 2.46. The molecule has 0 saturated heterocycles. The molecule has 146 heavy (non-hydrogen) atoms. The SMILES string of the molecule is c1ccc(-c2ccc(-n3c4ccccc4c4cc(-c5ccc6c(c5)c5ccccc5n6-c5ccc(-c6ccccc6)cc5)ccc43)cc2)cc1.c1ccc(-c2ccc(-n3c4ccccc4c4cc(-c5ccc6c(c5)c5ccccc5n6-c5cccc(-c6ccccc6)c5)ccc43)cc2)cc1.c1ccc2c(-n3c4ccccc4c4cc(-c5ccc6c(c5)c5ccccc5n6-c5cccc6ccccc56)ccc43)cccc2c1. The largest absolute Gasteiger partial charge is 0.309 e. The molecule has 0 N–H and O–H groups in total. The van der Waals surface area contributed by atoms with E-state index in [1.54, 1.807) is 0 Å². The lowest BCUT2D eigenvalue weighted by Gasteiger charge is -2.12. The van der Waals surface area contributed by atoms with Crippen molar-refractivity contribution in [2.24, 2.45) is 0 Å². The monoisotopic (exact) mass is 1860 g/mol. The smallest absolute Gasteiger partial charge is 0.0541 e. The summed E-state index contributed by atoms with van der Waals surface area (Å²) in [7, 11) is 0. The van der Waals surface area contributed by atoms with Crippen LogP contribution in [0.3, 0.4) is 0 Å². The maximum atomic E-state index is 2.43. The molecule has 0 unspecified atom stereocenters. The zero-order valence-corrected chi connectivity index (χ0v) is 79.8. The van der Waals surface area contributed by atoms with Crippen LogP contribution in [-0.4, -0.2) is 27.4 Å². The zero-order chi connectivity index (χ0) is 96.2. The Morgan fingerprint density at radius 1 is 0.0890 bits per heavy atom. The summed E-state index contributed by atoms with van der Waals surface area (Å²) in [6.07, 6.45) is 0. The fourth-order valence-electron chi connectivity index (χ4n) is 23.1. The Morgan fingerprint density at radius 2 is 0.267 bits per heavy atom. The standard InChI is InChI=1S/2C48H32N2.C44H28N2/c1-3-12-33(13-4-1)35-22-26-39(27-23-35)49-45-20-9-7-18-41(45)43-31-37(24-28-47(43)49)38-25-29-48-44(32-38)42-19-8-10-21-46(42)50(48)40-17-11-16-36(30-40)34-14-5-2-6-15-34;1-3-11-33(12-4-1)35-19-25-39(26-20-35)49-45-17-9-7-15-41(45)43-31-37(23-29-47(43)49)38-24-30-48-44(32-38)42-16-8-10-18-46(42)50(48)40-27-21-36(22-28-40)34-13-5-2-6-14-34;1-3-15-33-29(11-1)13-9-21-39(33)45-41-19-7-5-17-35(41)37-27-31(23-25-43(37)45)32-24-26-44-38(28-32)36-18-6-8-20-42(36)46(44)40-22-10-14-30-12-2-4-16-34(30)40/h2*1-32H;1-28H. The van der Waals surface area contributed by atoms with E-state index in [0.29, 0.717) is 0 Å². The van der Waals surface area contributed by atoms with Gasteiger partial charge in [-0.1, -0.05) is 388 Å². The maximum absolute atomic E-state index is 2.43. The quantitative estimate of drug-likeness (QED) is 0.110. The minimum Gasteiger partial charge on any atom is -0.309 e. The minimum absolute atomic E-state index is 1.16. The van der Waals surface area contributed by atoms with Crippen LogP contribution in [0.15, 0.2) is 558 Å².